The number of aromatic carboxylic acids is 1. The maximum Gasteiger partial charge on any atom is 0.337 e. The minimum absolute atomic E-state index is 0.0743. The van der Waals surface area contributed by atoms with Gasteiger partial charge < -0.3 is 14.7 Å². The number of hydrogen-bond acceptors (Lipinski definition) is 5. The Kier molecular flexibility index (Phi) is 7.79. The van der Waals surface area contributed by atoms with Gasteiger partial charge in [-0.25, -0.2) is 9.78 Å². The fraction of sp³-hybridized carbons (Fsp3) is 0.172. The highest BCUT2D eigenvalue weighted by atomic mass is 32.1. The molecule has 3 aromatic carbocycles. The number of hydrogen-bond donors (Lipinski definition) is 2. The molecule has 0 aliphatic rings. The summed E-state index contributed by atoms with van der Waals surface area (Å²) in [5.41, 5.74) is 2.95. The SMILES string of the molecule is CC(C)COc1cccc(-c2cc(C(=O)NC(=S)N(C)c3ccccc3C(=O)O)c3ccccc3n2)c1. The molecule has 0 saturated carbocycles. The average molecular weight is 514 g/mol. The van der Waals surface area contributed by atoms with Crippen LogP contribution >= 0.6 is 12.2 Å². The highest BCUT2D eigenvalue weighted by Gasteiger charge is 2.20. The lowest BCUT2D eigenvalue weighted by molar-refractivity contribution is 0.0697. The molecule has 2 N–H and O–H groups in total. The fourth-order valence-corrected chi connectivity index (χ4v) is 4.01. The van der Waals surface area contributed by atoms with E-state index >= 15 is 0 Å². The van der Waals surface area contributed by atoms with E-state index < -0.39 is 11.9 Å². The van der Waals surface area contributed by atoms with Gasteiger partial charge in [0.25, 0.3) is 5.91 Å². The molecule has 0 radical (unpaired) electrons. The summed E-state index contributed by atoms with van der Waals surface area (Å²) in [5, 5.41) is 13.0. The summed E-state index contributed by atoms with van der Waals surface area (Å²) in [5.74, 6) is -0.382. The van der Waals surface area contributed by atoms with Crippen molar-refractivity contribution >= 4 is 45.8 Å². The Morgan fingerprint density at radius 1 is 1.00 bits per heavy atom. The Morgan fingerprint density at radius 3 is 2.49 bits per heavy atom. The lowest BCUT2D eigenvalue weighted by Crippen LogP contribution is -2.41. The molecule has 1 heterocycles. The van der Waals surface area contributed by atoms with E-state index in [1.807, 2.05) is 48.5 Å². The first-order chi connectivity index (χ1) is 17.7. The van der Waals surface area contributed by atoms with Crippen LogP contribution in [0, 0.1) is 5.92 Å². The third-order valence-corrected chi connectivity index (χ3v) is 6.07. The predicted octanol–water partition coefficient (Wildman–Crippen LogP) is 5.79. The molecular formula is C29H27N3O4S. The number of benzene rings is 3. The van der Waals surface area contributed by atoms with Crippen molar-refractivity contribution in [3.8, 4) is 17.0 Å². The Bertz CT molecular complexity index is 1490. The van der Waals surface area contributed by atoms with Gasteiger partial charge in [-0.15, -0.1) is 0 Å². The van der Waals surface area contributed by atoms with Crippen LogP contribution in [0.4, 0.5) is 5.69 Å². The molecular weight excluding hydrogens is 486 g/mol. The molecule has 0 aliphatic carbocycles. The van der Waals surface area contributed by atoms with Crippen LogP contribution in [0.1, 0.15) is 34.6 Å². The summed E-state index contributed by atoms with van der Waals surface area (Å²) in [6.45, 7) is 4.77. The zero-order valence-corrected chi connectivity index (χ0v) is 21.6. The molecule has 0 atom stereocenters. The highest BCUT2D eigenvalue weighted by Crippen LogP contribution is 2.28. The van der Waals surface area contributed by atoms with Gasteiger partial charge in [0.2, 0.25) is 0 Å². The Hall–Kier alpha value is -4.30. The van der Waals surface area contributed by atoms with Crippen LogP contribution in [0.15, 0.2) is 78.9 Å². The van der Waals surface area contributed by atoms with Crippen LogP contribution < -0.4 is 15.0 Å². The maximum absolute atomic E-state index is 13.5. The van der Waals surface area contributed by atoms with Crippen molar-refractivity contribution in [3.05, 3.63) is 90.0 Å². The van der Waals surface area contributed by atoms with Gasteiger partial charge in [-0.3, -0.25) is 10.1 Å². The molecule has 1 amide bonds. The highest BCUT2D eigenvalue weighted by molar-refractivity contribution is 7.80. The van der Waals surface area contributed by atoms with Crippen LogP contribution in [0.25, 0.3) is 22.2 Å². The van der Waals surface area contributed by atoms with E-state index in [0.717, 1.165) is 11.3 Å². The lowest BCUT2D eigenvalue weighted by atomic mass is 10.0. The third-order valence-electron chi connectivity index (χ3n) is 5.69. The van der Waals surface area contributed by atoms with Gasteiger partial charge in [-0.2, -0.15) is 0 Å². The van der Waals surface area contributed by atoms with Crippen molar-refractivity contribution in [2.45, 2.75) is 13.8 Å². The summed E-state index contributed by atoms with van der Waals surface area (Å²) >= 11 is 5.47. The smallest absolute Gasteiger partial charge is 0.337 e. The molecule has 0 bridgehead atoms. The molecule has 0 saturated heterocycles. The summed E-state index contributed by atoms with van der Waals surface area (Å²) in [7, 11) is 1.61. The van der Waals surface area contributed by atoms with E-state index in [1.165, 1.54) is 11.0 Å². The third kappa shape index (κ3) is 5.92. The van der Waals surface area contributed by atoms with Crippen LogP contribution in [0.2, 0.25) is 0 Å². The Morgan fingerprint density at radius 2 is 1.73 bits per heavy atom. The topological polar surface area (TPSA) is 91.8 Å². The van der Waals surface area contributed by atoms with Gasteiger partial charge in [0.1, 0.15) is 5.75 Å². The van der Waals surface area contributed by atoms with Crippen LogP contribution in [0.3, 0.4) is 0 Å². The number of carbonyl (C=O) groups excluding carboxylic acids is 1. The number of para-hydroxylation sites is 2. The van der Waals surface area contributed by atoms with E-state index in [1.54, 1.807) is 31.3 Å². The van der Waals surface area contributed by atoms with Crippen molar-refractivity contribution in [1.82, 2.24) is 10.3 Å². The number of carboxylic acids is 1. The summed E-state index contributed by atoms with van der Waals surface area (Å²) in [6, 6.07) is 23.2. The number of fused-ring (bicyclic) bond motifs is 1. The van der Waals surface area contributed by atoms with Crippen molar-refractivity contribution < 1.29 is 19.4 Å². The van der Waals surface area contributed by atoms with E-state index in [-0.39, 0.29) is 10.7 Å². The first-order valence-electron chi connectivity index (χ1n) is 11.8. The summed E-state index contributed by atoms with van der Waals surface area (Å²) in [6.07, 6.45) is 0. The molecule has 0 unspecified atom stereocenters. The number of rotatable bonds is 7. The largest absolute Gasteiger partial charge is 0.493 e. The van der Waals surface area contributed by atoms with Crippen molar-refractivity contribution in [2.24, 2.45) is 5.92 Å². The number of aromatic nitrogens is 1. The number of carbonyl (C=O) groups is 2. The first-order valence-corrected chi connectivity index (χ1v) is 12.2. The second kappa shape index (κ2) is 11.2. The molecule has 4 rings (SSSR count). The van der Waals surface area contributed by atoms with Crippen LogP contribution in [0.5, 0.6) is 5.75 Å². The molecule has 0 fully saturated rings. The normalized spacial score (nSPS) is 10.8. The number of carboxylic acid groups (broad SMARTS) is 1. The molecule has 4 aromatic rings. The van der Waals surface area contributed by atoms with Gasteiger partial charge in [-0.1, -0.05) is 56.3 Å². The van der Waals surface area contributed by atoms with Crippen molar-refractivity contribution in [2.75, 3.05) is 18.6 Å². The Labute approximate surface area is 220 Å². The second-order valence-corrected chi connectivity index (χ2v) is 9.33. The van der Waals surface area contributed by atoms with E-state index in [9.17, 15) is 14.7 Å². The van der Waals surface area contributed by atoms with E-state index in [0.29, 0.717) is 40.4 Å². The number of anilines is 1. The van der Waals surface area contributed by atoms with Crippen LogP contribution in [-0.2, 0) is 0 Å². The van der Waals surface area contributed by atoms with Crippen molar-refractivity contribution in [3.63, 3.8) is 0 Å². The number of nitrogens with one attached hydrogen (secondary N) is 1. The fourth-order valence-electron chi connectivity index (χ4n) is 3.82. The quantitative estimate of drug-likeness (QED) is 0.302. The lowest BCUT2D eigenvalue weighted by Gasteiger charge is -2.22. The van der Waals surface area contributed by atoms with Gasteiger partial charge in [0.05, 0.1) is 34.6 Å². The number of ether oxygens (including phenoxy) is 1. The van der Waals surface area contributed by atoms with Crippen LogP contribution in [-0.4, -0.2) is 40.7 Å². The van der Waals surface area contributed by atoms with E-state index in [2.05, 4.69) is 19.2 Å². The minimum Gasteiger partial charge on any atom is -0.493 e. The molecule has 8 heteroatoms. The number of amides is 1. The zero-order chi connectivity index (χ0) is 26.5. The molecule has 188 valence electrons. The number of thiocarbonyl (C=S) groups is 1. The molecule has 37 heavy (non-hydrogen) atoms. The average Bonchev–Trinajstić information content (AvgIpc) is 2.90. The van der Waals surface area contributed by atoms with Gasteiger partial charge >= 0.3 is 5.97 Å². The predicted molar refractivity (Wildman–Crippen MR) is 149 cm³/mol. The molecule has 1 aromatic heterocycles. The second-order valence-electron chi connectivity index (χ2n) is 8.95. The molecule has 7 nitrogen and oxygen atoms in total. The standard InChI is InChI=1S/C29H27N3O4S/c1-18(2)17-36-20-10-8-9-19(15-20)25-16-23(21-11-4-6-13-24(21)30-25)27(33)31-29(37)32(3)26-14-7-5-12-22(26)28(34)35/h4-16,18H,17H2,1-3H3,(H,34,35)(H,31,33,37). The monoisotopic (exact) mass is 513 g/mol. The first kappa shape index (κ1) is 25.8. The Balaban J connectivity index is 1.66. The van der Waals surface area contributed by atoms with Crippen molar-refractivity contribution in [1.29, 1.82) is 0 Å². The number of nitrogens with zero attached hydrogens (tertiary/aromatic N) is 2. The molecule has 0 spiro atoms. The molecule has 0 aliphatic heterocycles. The summed E-state index contributed by atoms with van der Waals surface area (Å²) < 4.78 is 5.87. The van der Waals surface area contributed by atoms with Gasteiger partial charge in [-0.05, 0) is 54.5 Å². The van der Waals surface area contributed by atoms with Gasteiger partial charge in [0.15, 0.2) is 5.11 Å². The maximum atomic E-state index is 13.5. The number of pyridine rings is 1. The zero-order valence-electron chi connectivity index (χ0n) is 20.8. The van der Waals surface area contributed by atoms with E-state index in [4.69, 9.17) is 21.9 Å². The summed E-state index contributed by atoms with van der Waals surface area (Å²) in [4.78, 5) is 31.3. The minimum atomic E-state index is -1.08. The van der Waals surface area contributed by atoms with Gasteiger partial charge in [0, 0.05) is 18.0 Å².